The molecule has 0 saturated carbocycles. The van der Waals surface area contributed by atoms with Gasteiger partial charge in [-0.1, -0.05) is 30.3 Å². The second kappa shape index (κ2) is 4.58. The maximum atomic E-state index is 11.7. The second-order valence-corrected chi connectivity index (χ2v) is 4.49. The van der Waals surface area contributed by atoms with Crippen molar-refractivity contribution in [2.24, 2.45) is 5.92 Å². The van der Waals surface area contributed by atoms with E-state index in [-0.39, 0.29) is 0 Å². The number of hydrogen-bond acceptors (Lipinski definition) is 2. The SMILES string of the molecule is CN1CC(CC(=O)Cc2ccccc2)C1. The van der Waals surface area contributed by atoms with Crippen LogP contribution in [0.5, 0.6) is 0 Å². The van der Waals surface area contributed by atoms with Gasteiger partial charge in [0.05, 0.1) is 0 Å². The summed E-state index contributed by atoms with van der Waals surface area (Å²) in [5.74, 6) is 0.977. The minimum Gasteiger partial charge on any atom is -0.306 e. The quantitative estimate of drug-likeness (QED) is 0.743. The van der Waals surface area contributed by atoms with Crippen LogP contribution in [-0.4, -0.2) is 30.8 Å². The van der Waals surface area contributed by atoms with Crippen molar-refractivity contribution in [2.45, 2.75) is 12.8 Å². The van der Waals surface area contributed by atoms with E-state index in [2.05, 4.69) is 11.9 Å². The van der Waals surface area contributed by atoms with E-state index >= 15 is 0 Å². The summed E-state index contributed by atoms with van der Waals surface area (Å²) in [5.41, 5.74) is 1.13. The van der Waals surface area contributed by atoms with Gasteiger partial charge in [0.1, 0.15) is 5.78 Å². The number of Topliss-reactive ketones (excluding diaryl/α,β-unsaturated/α-hetero) is 1. The fourth-order valence-corrected chi connectivity index (χ4v) is 2.17. The van der Waals surface area contributed by atoms with Gasteiger partial charge in [0, 0.05) is 25.9 Å². The number of rotatable bonds is 4. The van der Waals surface area contributed by atoms with Crippen molar-refractivity contribution in [1.29, 1.82) is 0 Å². The molecule has 1 aromatic rings. The molecule has 1 fully saturated rings. The molecule has 2 nitrogen and oxygen atoms in total. The Balaban J connectivity index is 1.78. The first-order chi connectivity index (χ1) is 7.24. The Labute approximate surface area is 90.9 Å². The van der Waals surface area contributed by atoms with Gasteiger partial charge in [-0.25, -0.2) is 0 Å². The van der Waals surface area contributed by atoms with Crippen LogP contribution in [0, 0.1) is 5.92 Å². The molecule has 80 valence electrons. The lowest BCUT2D eigenvalue weighted by molar-refractivity contribution is -0.120. The first-order valence-corrected chi connectivity index (χ1v) is 5.48. The predicted octanol–water partition coefficient (Wildman–Crippen LogP) is 1.75. The third-order valence-corrected chi connectivity index (χ3v) is 2.90. The minimum atomic E-state index is 0.374. The van der Waals surface area contributed by atoms with Crippen LogP contribution in [0.3, 0.4) is 0 Å². The molecule has 1 aliphatic rings. The lowest BCUT2D eigenvalue weighted by atomic mass is 9.92. The molecule has 1 saturated heterocycles. The largest absolute Gasteiger partial charge is 0.306 e. The van der Waals surface area contributed by atoms with Crippen molar-refractivity contribution in [3.05, 3.63) is 35.9 Å². The summed E-state index contributed by atoms with van der Waals surface area (Å²) in [4.78, 5) is 14.0. The number of likely N-dealkylation sites (tertiary alicyclic amines) is 1. The van der Waals surface area contributed by atoms with E-state index in [1.807, 2.05) is 30.3 Å². The molecule has 0 amide bonds. The standard InChI is InChI=1S/C13H17NO/c1-14-9-12(10-14)8-13(15)7-11-5-3-2-4-6-11/h2-6,12H,7-10H2,1H3. The summed E-state index contributed by atoms with van der Waals surface area (Å²) >= 11 is 0. The van der Waals surface area contributed by atoms with Crippen LogP contribution in [0.15, 0.2) is 30.3 Å². The number of hydrogen-bond donors (Lipinski definition) is 0. The highest BCUT2D eigenvalue weighted by molar-refractivity contribution is 5.81. The predicted molar refractivity (Wildman–Crippen MR) is 60.8 cm³/mol. The zero-order valence-corrected chi connectivity index (χ0v) is 9.15. The highest BCUT2D eigenvalue weighted by Gasteiger charge is 2.25. The van der Waals surface area contributed by atoms with E-state index < -0.39 is 0 Å². The monoisotopic (exact) mass is 203 g/mol. The summed E-state index contributed by atoms with van der Waals surface area (Å²) in [6, 6.07) is 9.99. The molecular formula is C13H17NO. The van der Waals surface area contributed by atoms with Crippen LogP contribution in [0.4, 0.5) is 0 Å². The second-order valence-electron chi connectivity index (χ2n) is 4.49. The zero-order valence-electron chi connectivity index (χ0n) is 9.15. The Hall–Kier alpha value is -1.15. The lowest BCUT2D eigenvalue weighted by Crippen LogP contribution is -2.44. The van der Waals surface area contributed by atoms with Crippen molar-refractivity contribution in [1.82, 2.24) is 4.90 Å². The van der Waals surface area contributed by atoms with Crippen LogP contribution in [-0.2, 0) is 11.2 Å². The van der Waals surface area contributed by atoms with Crippen LogP contribution < -0.4 is 0 Å². The average molecular weight is 203 g/mol. The fourth-order valence-electron chi connectivity index (χ4n) is 2.17. The van der Waals surface area contributed by atoms with Gasteiger partial charge in [0.25, 0.3) is 0 Å². The number of nitrogens with zero attached hydrogens (tertiary/aromatic N) is 1. The summed E-state index contributed by atoms with van der Waals surface area (Å²) in [6.45, 7) is 2.17. The molecule has 0 aliphatic carbocycles. The normalized spacial score (nSPS) is 17.4. The molecule has 0 spiro atoms. The Morgan fingerprint density at radius 3 is 2.60 bits per heavy atom. The van der Waals surface area contributed by atoms with E-state index in [0.29, 0.717) is 18.1 Å². The molecule has 15 heavy (non-hydrogen) atoms. The number of carbonyl (C=O) groups excluding carboxylic acids is 1. The molecule has 1 heterocycles. The van der Waals surface area contributed by atoms with E-state index in [1.165, 1.54) is 0 Å². The molecule has 0 bridgehead atoms. The maximum absolute atomic E-state index is 11.7. The molecule has 0 radical (unpaired) electrons. The van der Waals surface area contributed by atoms with Crippen LogP contribution in [0.2, 0.25) is 0 Å². The van der Waals surface area contributed by atoms with Gasteiger partial charge >= 0.3 is 0 Å². The first kappa shape index (κ1) is 10.4. The topological polar surface area (TPSA) is 20.3 Å². The van der Waals surface area contributed by atoms with Crippen LogP contribution >= 0.6 is 0 Å². The minimum absolute atomic E-state index is 0.374. The Kier molecular flexibility index (Phi) is 3.17. The van der Waals surface area contributed by atoms with Gasteiger partial charge < -0.3 is 4.90 Å². The molecule has 1 aromatic carbocycles. The maximum Gasteiger partial charge on any atom is 0.137 e. The van der Waals surface area contributed by atoms with Crippen molar-refractivity contribution < 1.29 is 4.79 Å². The number of benzene rings is 1. The third-order valence-electron chi connectivity index (χ3n) is 2.90. The van der Waals surface area contributed by atoms with Gasteiger partial charge in [0.15, 0.2) is 0 Å². The highest BCUT2D eigenvalue weighted by Crippen LogP contribution is 2.17. The smallest absolute Gasteiger partial charge is 0.137 e. The van der Waals surface area contributed by atoms with E-state index in [4.69, 9.17) is 0 Å². The van der Waals surface area contributed by atoms with Crippen molar-refractivity contribution >= 4 is 5.78 Å². The van der Waals surface area contributed by atoms with Crippen LogP contribution in [0.1, 0.15) is 12.0 Å². The number of ketones is 1. The van der Waals surface area contributed by atoms with Crippen molar-refractivity contribution in [3.8, 4) is 0 Å². The molecular weight excluding hydrogens is 186 g/mol. The molecule has 0 atom stereocenters. The molecule has 2 heteroatoms. The summed E-state index contributed by atoms with van der Waals surface area (Å²) < 4.78 is 0. The molecule has 0 aromatic heterocycles. The van der Waals surface area contributed by atoms with Gasteiger partial charge in [-0.3, -0.25) is 4.79 Å². The zero-order chi connectivity index (χ0) is 10.7. The first-order valence-electron chi connectivity index (χ1n) is 5.48. The Morgan fingerprint density at radius 1 is 1.33 bits per heavy atom. The van der Waals surface area contributed by atoms with Crippen molar-refractivity contribution in [2.75, 3.05) is 20.1 Å². The van der Waals surface area contributed by atoms with Gasteiger partial charge in [0.2, 0.25) is 0 Å². The lowest BCUT2D eigenvalue weighted by Gasteiger charge is -2.35. The van der Waals surface area contributed by atoms with Gasteiger partial charge in [-0.05, 0) is 18.5 Å². The summed E-state index contributed by atoms with van der Waals surface area (Å²) in [6.07, 6.45) is 1.35. The van der Waals surface area contributed by atoms with Gasteiger partial charge in [-0.15, -0.1) is 0 Å². The summed E-state index contributed by atoms with van der Waals surface area (Å²) in [5, 5.41) is 0. The average Bonchev–Trinajstić information content (AvgIpc) is 2.17. The molecule has 0 N–H and O–H groups in total. The van der Waals surface area contributed by atoms with Crippen LogP contribution in [0.25, 0.3) is 0 Å². The summed E-state index contributed by atoms with van der Waals surface area (Å²) in [7, 11) is 2.10. The number of carbonyl (C=O) groups is 1. The van der Waals surface area contributed by atoms with E-state index in [1.54, 1.807) is 0 Å². The molecule has 0 unspecified atom stereocenters. The van der Waals surface area contributed by atoms with Crippen molar-refractivity contribution in [3.63, 3.8) is 0 Å². The third kappa shape index (κ3) is 2.90. The van der Waals surface area contributed by atoms with Gasteiger partial charge in [-0.2, -0.15) is 0 Å². The van der Waals surface area contributed by atoms with E-state index in [9.17, 15) is 4.79 Å². The Morgan fingerprint density at radius 2 is 2.00 bits per heavy atom. The highest BCUT2D eigenvalue weighted by atomic mass is 16.1. The molecule has 1 aliphatic heterocycles. The fraction of sp³-hybridized carbons (Fsp3) is 0.462. The van der Waals surface area contributed by atoms with E-state index in [0.717, 1.165) is 25.1 Å². The Bertz CT molecular complexity index is 328. The molecule has 2 rings (SSSR count).